The third-order valence-corrected chi connectivity index (χ3v) is 6.39. The molecule has 2 bridgehead atoms. The lowest BCUT2D eigenvalue weighted by atomic mass is 9.79. The molecular formula is C21H22F3N3O3. The van der Waals surface area contributed by atoms with Crippen molar-refractivity contribution in [2.24, 2.45) is 11.8 Å². The summed E-state index contributed by atoms with van der Waals surface area (Å²) in [6.45, 7) is 7.41. The third-order valence-electron chi connectivity index (χ3n) is 6.39. The van der Waals surface area contributed by atoms with Gasteiger partial charge in [-0.05, 0) is 45.0 Å². The largest absolute Gasteiger partial charge is 0.417 e. The van der Waals surface area contributed by atoms with E-state index in [1.165, 1.54) is 12.1 Å². The first-order valence-electron chi connectivity index (χ1n) is 9.87. The van der Waals surface area contributed by atoms with Gasteiger partial charge in [0.2, 0.25) is 11.8 Å². The lowest BCUT2D eigenvalue weighted by Crippen LogP contribution is -2.58. The fourth-order valence-corrected chi connectivity index (χ4v) is 5.50. The number of hydrogen-bond donors (Lipinski definition) is 0. The number of carbonyl (C=O) groups is 2. The Morgan fingerprint density at radius 3 is 2.20 bits per heavy atom. The Kier molecular flexibility index (Phi) is 4.53. The van der Waals surface area contributed by atoms with Crippen LogP contribution < -0.4 is 4.90 Å². The van der Waals surface area contributed by atoms with Crippen molar-refractivity contribution < 1.29 is 27.5 Å². The van der Waals surface area contributed by atoms with Crippen LogP contribution in [0.15, 0.2) is 18.2 Å². The maximum atomic E-state index is 13.4. The molecule has 3 fully saturated rings. The van der Waals surface area contributed by atoms with E-state index in [1.807, 2.05) is 6.92 Å². The van der Waals surface area contributed by atoms with Gasteiger partial charge >= 0.3 is 6.18 Å². The van der Waals surface area contributed by atoms with Gasteiger partial charge in [-0.3, -0.25) is 14.5 Å². The lowest BCUT2D eigenvalue weighted by molar-refractivity contribution is -0.169. The molecule has 0 radical (unpaired) electrons. The number of carbonyl (C=O) groups excluding carboxylic acids is 2. The number of rotatable bonds is 3. The SMILES string of the molecule is CCCN1CC2(C)OC(C)(C1)C1C(=O)N(c3ccc(C#N)c(C(F)(F)F)c3)C(=O)C12. The average Bonchev–Trinajstić information content (AvgIpc) is 3.01. The van der Waals surface area contributed by atoms with Crippen LogP contribution in [-0.2, 0) is 20.5 Å². The predicted octanol–water partition coefficient (Wildman–Crippen LogP) is 2.96. The van der Waals surface area contributed by atoms with E-state index in [4.69, 9.17) is 10.00 Å². The molecule has 9 heteroatoms. The fraction of sp³-hybridized carbons (Fsp3) is 0.571. The first-order chi connectivity index (χ1) is 13.9. The van der Waals surface area contributed by atoms with Gasteiger partial charge in [-0.1, -0.05) is 6.92 Å². The molecule has 4 unspecified atom stereocenters. The summed E-state index contributed by atoms with van der Waals surface area (Å²) >= 11 is 0. The maximum absolute atomic E-state index is 13.4. The maximum Gasteiger partial charge on any atom is 0.417 e. The normalized spacial score (nSPS) is 33.7. The number of amides is 2. The number of likely N-dealkylation sites (tertiary alicyclic amines) is 1. The monoisotopic (exact) mass is 421 g/mol. The van der Waals surface area contributed by atoms with Crippen molar-refractivity contribution in [2.75, 3.05) is 24.5 Å². The molecule has 30 heavy (non-hydrogen) atoms. The number of alkyl halides is 3. The number of nitriles is 1. The van der Waals surface area contributed by atoms with Gasteiger partial charge in [-0.2, -0.15) is 18.4 Å². The van der Waals surface area contributed by atoms with Crippen LogP contribution in [0.25, 0.3) is 0 Å². The van der Waals surface area contributed by atoms with Crippen LogP contribution in [0, 0.1) is 23.2 Å². The predicted molar refractivity (Wildman–Crippen MR) is 100 cm³/mol. The molecule has 0 aromatic heterocycles. The number of benzene rings is 1. The summed E-state index contributed by atoms with van der Waals surface area (Å²) in [5.41, 5.74) is -3.67. The zero-order valence-corrected chi connectivity index (χ0v) is 16.9. The fourth-order valence-electron chi connectivity index (χ4n) is 5.50. The van der Waals surface area contributed by atoms with Gasteiger partial charge in [0.05, 0.1) is 45.9 Å². The van der Waals surface area contributed by atoms with Crippen LogP contribution in [0.2, 0.25) is 0 Å². The molecule has 6 nitrogen and oxygen atoms in total. The Labute approximate surface area is 172 Å². The Hall–Kier alpha value is -2.44. The quantitative estimate of drug-likeness (QED) is 0.702. The molecule has 160 valence electrons. The van der Waals surface area contributed by atoms with Crippen molar-refractivity contribution in [3.05, 3.63) is 29.3 Å². The average molecular weight is 421 g/mol. The number of halogens is 3. The molecule has 2 amide bonds. The molecule has 3 aliphatic heterocycles. The second-order valence-corrected chi connectivity index (χ2v) is 8.74. The molecule has 3 saturated heterocycles. The van der Waals surface area contributed by atoms with Crippen molar-refractivity contribution in [2.45, 2.75) is 44.6 Å². The zero-order valence-electron chi connectivity index (χ0n) is 16.9. The summed E-state index contributed by atoms with van der Waals surface area (Å²) in [7, 11) is 0. The summed E-state index contributed by atoms with van der Waals surface area (Å²) < 4.78 is 46.4. The molecule has 0 spiro atoms. The minimum absolute atomic E-state index is 0.165. The van der Waals surface area contributed by atoms with Gasteiger partial charge in [0.15, 0.2) is 0 Å². The molecule has 3 heterocycles. The number of hydrogen-bond acceptors (Lipinski definition) is 5. The Morgan fingerprint density at radius 1 is 1.17 bits per heavy atom. The first-order valence-corrected chi connectivity index (χ1v) is 9.87. The summed E-state index contributed by atoms with van der Waals surface area (Å²) in [6.07, 6.45) is -3.86. The van der Waals surface area contributed by atoms with Gasteiger partial charge < -0.3 is 4.74 Å². The second kappa shape index (κ2) is 6.53. The Bertz CT molecular complexity index is 936. The van der Waals surface area contributed by atoms with Crippen molar-refractivity contribution in [1.29, 1.82) is 5.26 Å². The minimum Gasteiger partial charge on any atom is -0.365 e. The van der Waals surface area contributed by atoms with Crippen LogP contribution >= 0.6 is 0 Å². The van der Waals surface area contributed by atoms with E-state index in [0.29, 0.717) is 19.2 Å². The summed E-state index contributed by atoms with van der Waals surface area (Å²) in [5, 5.41) is 9.00. The molecular weight excluding hydrogens is 399 g/mol. The van der Waals surface area contributed by atoms with Crippen LogP contribution in [0.1, 0.15) is 38.3 Å². The van der Waals surface area contributed by atoms with Crippen LogP contribution in [0.4, 0.5) is 18.9 Å². The summed E-state index contributed by atoms with van der Waals surface area (Å²) in [6, 6.07) is 4.43. The Morgan fingerprint density at radius 2 is 1.73 bits per heavy atom. The van der Waals surface area contributed by atoms with Gasteiger partial charge in [-0.25, -0.2) is 4.90 Å². The molecule has 0 aliphatic carbocycles. The summed E-state index contributed by atoms with van der Waals surface area (Å²) in [5.74, 6) is -2.62. The van der Waals surface area contributed by atoms with E-state index in [9.17, 15) is 22.8 Å². The molecule has 3 aliphatic rings. The standard InChI is InChI=1S/C21H22F3N3O3/c1-4-7-26-10-19(2)15-16(20(3,11-26)30-19)18(29)27(17(15)28)13-6-5-12(9-25)14(8-13)21(22,23)24/h5-6,8,15-16H,4,7,10-11H2,1-3H3. The topological polar surface area (TPSA) is 73.6 Å². The van der Waals surface area contributed by atoms with E-state index < -0.39 is 52.2 Å². The van der Waals surface area contributed by atoms with E-state index in [0.717, 1.165) is 23.9 Å². The molecule has 0 N–H and O–H groups in total. The lowest BCUT2D eigenvalue weighted by Gasteiger charge is -2.45. The molecule has 1 aromatic carbocycles. The number of nitrogens with zero attached hydrogens (tertiary/aromatic N) is 3. The van der Waals surface area contributed by atoms with Crippen LogP contribution in [0.5, 0.6) is 0 Å². The Balaban J connectivity index is 1.76. The molecule has 0 saturated carbocycles. The van der Waals surface area contributed by atoms with Crippen molar-refractivity contribution in [1.82, 2.24) is 4.90 Å². The van der Waals surface area contributed by atoms with Crippen LogP contribution in [-0.4, -0.2) is 47.6 Å². The van der Waals surface area contributed by atoms with Crippen LogP contribution in [0.3, 0.4) is 0 Å². The highest BCUT2D eigenvalue weighted by atomic mass is 19.4. The molecule has 1 aromatic rings. The number of fused-ring (bicyclic) bond motifs is 5. The van der Waals surface area contributed by atoms with Gasteiger partial charge in [0.1, 0.15) is 0 Å². The van der Waals surface area contributed by atoms with E-state index in [2.05, 4.69) is 4.90 Å². The smallest absolute Gasteiger partial charge is 0.365 e. The number of ether oxygens (including phenoxy) is 1. The van der Waals surface area contributed by atoms with Crippen molar-refractivity contribution >= 4 is 17.5 Å². The van der Waals surface area contributed by atoms with Gasteiger partial charge in [0, 0.05) is 13.1 Å². The minimum atomic E-state index is -4.78. The van der Waals surface area contributed by atoms with E-state index >= 15 is 0 Å². The van der Waals surface area contributed by atoms with E-state index in [-0.39, 0.29) is 5.69 Å². The highest BCUT2D eigenvalue weighted by Crippen LogP contribution is 2.55. The molecule has 4 atom stereocenters. The number of anilines is 1. The molecule has 4 rings (SSSR count). The summed E-state index contributed by atoms with van der Waals surface area (Å²) in [4.78, 5) is 29.7. The number of morpholine rings is 1. The van der Waals surface area contributed by atoms with Crippen molar-refractivity contribution in [3.63, 3.8) is 0 Å². The highest BCUT2D eigenvalue weighted by Gasteiger charge is 2.71. The highest BCUT2D eigenvalue weighted by molar-refractivity contribution is 6.23. The number of imide groups is 1. The van der Waals surface area contributed by atoms with Gasteiger partial charge in [0.25, 0.3) is 0 Å². The van der Waals surface area contributed by atoms with Gasteiger partial charge in [-0.15, -0.1) is 0 Å². The van der Waals surface area contributed by atoms with E-state index in [1.54, 1.807) is 13.8 Å². The first kappa shape index (κ1) is 20.8. The zero-order chi connectivity index (χ0) is 22.1. The van der Waals surface area contributed by atoms with Crippen molar-refractivity contribution in [3.8, 4) is 6.07 Å². The second-order valence-electron chi connectivity index (χ2n) is 8.74. The third kappa shape index (κ3) is 2.85.